The van der Waals surface area contributed by atoms with E-state index in [4.69, 9.17) is 4.42 Å². The summed E-state index contributed by atoms with van der Waals surface area (Å²) >= 11 is 3.35. The lowest BCUT2D eigenvalue weighted by Crippen LogP contribution is -1.73. The molecule has 2 aromatic rings. The molecule has 0 saturated carbocycles. The molecule has 0 aliphatic carbocycles. The SMILES string of the molecule is O=Cc1ccc(-c2ccc(Br)cc2)o1. The van der Waals surface area contributed by atoms with Crippen molar-refractivity contribution in [2.45, 2.75) is 0 Å². The second-order valence-corrected chi connectivity index (χ2v) is 3.74. The Morgan fingerprint density at radius 3 is 2.36 bits per heavy atom. The number of furan rings is 1. The van der Waals surface area contributed by atoms with Crippen LogP contribution in [0.5, 0.6) is 0 Å². The van der Waals surface area contributed by atoms with Crippen molar-refractivity contribution in [3.05, 3.63) is 46.6 Å². The highest BCUT2D eigenvalue weighted by molar-refractivity contribution is 9.10. The van der Waals surface area contributed by atoms with Crippen LogP contribution in [-0.2, 0) is 0 Å². The molecule has 0 saturated heterocycles. The number of hydrogen-bond acceptors (Lipinski definition) is 2. The lowest BCUT2D eigenvalue weighted by molar-refractivity contribution is 0.110. The summed E-state index contributed by atoms with van der Waals surface area (Å²) in [6, 6.07) is 11.2. The van der Waals surface area contributed by atoms with Crippen molar-refractivity contribution in [3.63, 3.8) is 0 Å². The van der Waals surface area contributed by atoms with Gasteiger partial charge in [-0.15, -0.1) is 0 Å². The molecule has 70 valence electrons. The van der Waals surface area contributed by atoms with E-state index < -0.39 is 0 Å². The van der Waals surface area contributed by atoms with E-state index in [2.05, 4.69) is 15.9 Å². The molecular formula is C11H7BrO2. The van der Waals surface area contributed by atoms with Gasteiger partial charge in [0.05, 0.1) is 0 Å². The molecule has 1 aromatic heterocycles. The van der Waals surface area contributed by atoms with Crippen molar-refractivity contribution in [1.82, 2.24) is 0 Å². The Hall–Kier alpha value is -1.35. The van der Waals surface area contributed by atoms with Gasteiger partial charge in [-0.1, -0.05) is 28.1 Å². The molecule has 1 heterocycles. The Morgan fingerprint density at radius 2 is 1.79 bits per heavy atom. The standard InChI is InChI=1S/C11H7BrO2/c12-9-3-1-8(2-4-9)11-6-5-10(7-13)14-11/h1-7H. The molecule has 0 amide bonds. The summed E-state index contributed by atoms with van der Waals surface area (Å²) in [5.41, 5.74) is 0.960. The fourth-order valence-electron chi connectivity index (χ4n) is 1.19. The third-order valence-electron chi connectivity index (χ3n) is 1.87. The minimum atomic E-state index is 0.350. The van der Waals surface area contributed by atoms with Crippen LogP contribution in [0, 0.1) is 0 Å². The quantitative estimate of drug-likeness (QED) is 0.764. The lowest BCUT2D eigenvalue weighted by Gasteiger charge is -1.95. The minimum Gasteiger partial charge on any atom is -0.453 e. The predicted molar refractivity (Wildman–Crippen MR) is 57.2 cm³/mol. The van der Waals surface area contributed by atoms with E-state index in [1.165, 1.54) is 0 Å². The zero-order valence-corrected chi connectivity index (χ0v) is 8.82. The van der Waals surface area contributed by atoms with Crippen LogP contribution >= 0.6 is 15.9 Å². The topological polar surface area (TPSA) is 30.2 Å². The molecule has 1 aromatic carbocycles. The zero-order valence-electron chi connectivity index (χ0n) is 7.24. The molecule has 14 heavy (non-hydrogen) atoms. The largest absolute Gasteiger partial charge is 0.453 e. The summed E-state index contributed by atoms with van der Waals surface area (Å²) in [5.74, 6) is 1.06. The first kappa shape index (κ1) is 9.21. The zero-order chi connectivity index (χ0) is 9.97. The van der Waals surface area contributed by atoms with Gasteiger partial charge in [0.15, 0.2) is 12.0 Å². The number of benzene rings is 1. The van der Waals surface area contributed by atoms with Crippen molar-refractivity contribution in [3.8, 4) is 11.3 Å². The van der Waals surface area contributed by atoms with Crippen LogP contribution in [0.15, 0.2) is 45.3 Å². The van der Waals surface area contributed by atoms with Crippen molar-refractivity contribution < 1.29 is 9.21 Å². The fraction of sp³-hybridized carbons (Fsp3) is 0. The van der Waals surface area contributed by atoms with Crippen molar-refractivity contribution >= 4 is 22.2 Å². The van der Waals surface area contributed by atoms with Gasteiger partial charge >= 0.3 is 0 Å². The van der Waals surface area contributed by atoms with Crippen molar-refractivity contribution in [2.75, 3.05) is 0 Å². The van der Waals surface area contributed by atoms with Gasteiger partial charge in [0.2, 0.25) is 0 Å². The van der Waals surface area contributed by atoms with Crippen molar-refractivity contribution in [2.24, 2.45) is 0 Å². The highest BCUT2D eigenvalue weighted by Crippen LogP contribution is 2.23. The van der Waals surface area contributed by atoms with Gasteiger partial charge in [0.25, 0.3) is 0 Å². The Kier molecular flexibility index (Phi) is 2.50. The minimum absolute atomic E-state index is 0.350. The highest BCUT2D eigenvalue weighted by Gasteiger charge is 2.02. The molecule has 0 aliphatic rings. The Bertz CT molecular complexity index is 443. The highest BCUT2D eigenvalue weighted by atomic mass is 79.9. The third kappa shape index (κ3) is 1.77. The first-order chi connectivity index (χ1) is 6.79. The average Bonchev–Trinajstić information content (AvgIpc) is 2.67. The molecule has 2 rings (SSSR count). The molecular weight excluding hydrogens is 244 g/mol. The summed E-state index contributed by atoms with van der Waals surface area (Å²) < 4.78 is 6.29. The summed E-state index contributed by atoms with van der Waals surface area (Å²) in [5, 5.41) is 0. The van der Waals surface area contributed by atoms with E-state index >= 15 is 0 Å². The van der Waals surface area contributed by atoms with Gasteiger partial charge in [-0.25, -0.2) is 0 Å². The maximum atomic E-state index is 10.4. The maximum Gasteiger partial charge on any atom is 0.185 e. The molecule has 3 heteroatoms. The second-order valence-electron chi connectivity index (χ2n) is 2.83. The summed E-state index contributed by atoms with van der Waals surface area (Å²) in [6.45, 7) is 0. The van der Waals surface area contributed by atoms with Crippen LogP contribution in [0.1, 0.15) is 10.6 Å². The normalized spacial score (nSPS) is 10.1. The van der Waals surface area contributed by atoms with E-state index in [0.717, 1.165) is 10.0 Å². The van der Waals surface area contributed by atoms with Crippen LogP contribution in [0.4, 0.5) is 0 Å². The van der Waals surface area contributed by atoms with Gasteiger partial charge < -0.3 is 4.42 Å². The summed E-state index contributed by atoms with van der Waals surface area (Å²) in [6.07, 6.45) is 0.697. The molecule has 0 unspecified atom stereocenters. The van der Waals surface area contributed by atoms with Crippen LogP contribution in [0.3, 0.4) is 0 Å². The molecule has 0 spiro atoms. The van der Waals surface area contributed by atoms with Gasteiger partial charge in [-0.3, -0.25) is 4.79 Å². The lowest BCUT2D eigenvalue weighted by atomic mass is 10.2. The van der Waals surface area contributed by atoms with Gasteiger partial charge in [0.1, 0.15) is 5.76 Å². The Balaban J connectivity index is 2.39. The van der Waals surface area contributed by atoms with E-state index in [1.54, 1.807) is 12.1 Å². The molecule has 0 aliphatic heterocycles. The second kappa shape index (κ2) is 3.80. The maximum absolute atomic E-state index is 10.4. The fourth-order valence-corrected chi connectivity index (χ4v) is 1.45. The average molecular weight is 251 g/mol. The summed E-state index contributed by atoms with van der Waals surface area (Å²) in [4.78, 5) is 10.4. The van der Waals surface area contributed by atoms with Crippen molar-refractivity contribution in [1.29, 1.82) is 0 Å². The smallest absolute Gasteiger partial charge is 0.185 e. The molecule has 0 atom stereocenters. The van der Waals surface area contributed by atoms with Crippen LogP contribution in [-0.4, -0.2) is 6.29 Å². The van der Waals surface area contributed by atoms with E-state index in [1.807, 2.05) is 24.3 Å². The number of aldehydes is 1. The first-order valence-electron chi connectivity index (χ1n) is 4.10. The Morgan fingerprint density at radius 1 is 1.07 bits per heavy atom. The number of carbonyl (C=O) groups excluding carboxylic acids is 1. The van der Waals surface area contributed by atoms with Gasteiger partial charge in [-0.2, -0.15) is 0 Å². The third-order valence-corrected chi connectivity index (χ3v) is 2.40. The number of rotatable bonds is 2. The Labute approximate surface area is 89.7 Å². The van der Waals surface area contributed by atoms with E-state index in [0.29, 0.717) is 17.8 Å². The van der Waals surface area contributed by atoms with E-state index in [-0.39, 0.29) is 0 Å². The molecule has 0 fully saturated rings. The molecule has 0 bridgehead atoms. The van der Waals surface area contributed by atoms with E-state index in [9.17, 15) is 4.79 Å². The van der Waals surface area contributed by atoms with Crippen LogP contribution in [0.25, 0.3) is 11.3 Å². The molecule has 2 nitrogen and oxygen atoms in total. The molecule has 0 N–H and O–H groups in total. The predicted octanol–water partition coefficient (Wildman–Crippen LogP) is 3.52. The summed E-state index contributed by atoms with van der Waals surface area (Å²) in [7, 11) is 0. The van der Waals surface area contributed by atoms with Crippen LogP contribution < -0.4 is 0 Å². The van der Waals surface area contributed by atoms with Gasteiger partial charge in [-0.05, 0) is 24.3 Å². The number of hydrogen-bond donors (Lipinski definition) is 0. The monoisotopic (exact) mass is 250 g/mol. The van der Waals surface area contributed by atoms with Gasteiger partial charge in [0, 0.05) is 10.0 Å². The first-order valence-corrected chi connectivity index (χ1v) is 4.90. The number of halogens is 1. The molecule has 0 radical (unpaired) electrons. The van der Waals surface area contributed by atoms with Crippen LogP contribution in [0.2, 0.25) is 0 Å². The number of carbonyl (C=O) groups is 1.